The maximum atomic E-state index is 13.9. The molecule has 0 spiro atoms. The van der Waals surface area contributed by atoms with E-state index in [1.54, 1.807) is 12.1 Å². The van der Waals surface area contributed by atoms with Gasteiger partial charge >= 0.3 is 6.36 Å². The summed E-state index contributed by atoms with van der Waals surface area (Å²) in [5.41, 5.74) is 5.68. The molecule has 2 N–H and O–H groups in total. The van der Waals surface area contributed by atoms with Crippen LogP contribution in [0.2, 0.25) is 0 Å². The zero-order valence-corrected chi connectivity index (χ0v) is 11.6. The summed E-state index contributed by atoms with van der Waals surface area (Å²) in [6, 6.07) is 4.19. The average Bonchev–Trinajstić information content (AvgIpc) is 2.48. The molecule has 122 valence electrons. The quantitative estimate of drug-likeness (QED) is 0.857. The lowest BCUT2D eigenvalue weighted by Crippen LogP contribution is -2.43. The number of hydrogen-bond donors (Lipinski definition) is 1. The molecular weight excluding hydrogens is 318 g/mol. The molecule has 3 rings (SSSR count). The standard InChI is InChI=1S/C14H11F4N3O2/c15-9-6-8(7-21-12(9)23-14(16,17)18)13(19)3-5-22-10-2-1-4-20-11(10)13/h1-2,4,6-7H,3,5,19H2/t13-/m0/s1. The third-order valence-electron chi connectivity index (χ3n) is 3.48. The number of halogens is 4. The number of alkyl halides is 3. The lowest BCUT2D eigenvalue weighted by atomic mass is 9.83. The van der Waals surface area contributed by atoms with Crippen LogP contribution in [0.15, 0.2) is 30.6 Å². The molecule has 1 aliphatic heterocycles. The summed E-state index contributed by atoms with van der Waals surface area (Å²) in [7, 11) is 0. The summed E-state index contributed by atoms with van der Waals surface area (Å²) < 4.78 is 59.3. The number of aromatic nitrogens is 2. The lowest BCUT2D eigenvalue weighted by Gasteiger charge is -2.34. The molecule has 3 heterocycles. The molecule has 0 saturated heterocycles. The van der Waals surface area contributed by atoms with Crippen molar-refractivity contribution >= 4 is 0 Å². The van der Waals surface area contributed by atoms with Crippen LogP contribution >= 0.6 is 0 Å². The van der Waals surface area contributed by atoms with Crippen LogP contribution in [0, 0.1) is 5.82 Å². The maximum Gasteiger partial charge on any atom is 0.574 e. The molecule has 0 fully saturated rings. The number of hydrogen-bond acceptors (Lipinski definition) is 5. The predicted molar refractivity (Wildman–Crippen MR) is 70.2 cm³/mol. The van der Waals surface area contributed by atoms with Crippen LogP contribution < -0.4 is 15.2 Å². The van der Waals surface area contributed by atoms with E-state index in [2.05, 4.69) is 14.7 Å². The van der Waals surface area contributed by atoms with E-state index in [0.29, 0.717) is 11.4 Å². The molecule has 0 aliphatic carbocycles. The van der Waals surface area contributed by atoms with E-state index in [-0.39, 0.29) is 18.6 Å². The molecule has 2 aromatic rings. The van der Waals surface area contributed by atoms with Crippen LogP contribution in [0.25, 0.3) is 0 Å². The number of pyridine rings is 2. The molecule has 0 unspecified atom stereocenters. The molecule has 0 bridgehead atoms. The van der Waals surface area contributed by atoms with Gasteiger partial charge in [-0.25, -0.2) is 9.37 Å². The summed E-state index contributed by atoms with van der Waals surface area (Å²) in [5.74, 6) is -1.97. The van der Waals surface area contributed by atoms with Gasteiger partial charge in [0.1, 0.15) is 11.4 Å². The SMILES string of the molecule is N[C@]1(c2cnc(OC(F)(F)F)c(F)c2)CCOc2cccnc21. The van der Waals surface area contributed by atoms with Gasteiger partial charge in [-0.15, -0.1) is 13.2 Å². The van der Waals surface area contributed by atoms with Crippen LogP contribution in [0.5, 0.6) is 11.6 Å². The molecular formula is C14H11F4N3O2. The van der Waals surface area contributed by atoms with Crippen LogP contribution in [0.3, 0.4) is 0 Å². The Kier molecular flexibility index (Phi) is 3.59. The minimum absolute atomic E-state index is 0.188. The average molecular weight is 329 g/mol. The second kappa shape index (κ2) is 5.34. The van der Waals surface area contributed by atoms with Gasteiger partial charge in [-0.3, -0.25) is 4.98 Å². The fraction of sp³-hybridized carbons (Fsp3) is 0.286. The molecule has 1 atom stereocenters. The lowest BCUT2D eigenvalue weighted by molar-refractivity contribution is -0.277. The smallest absolute Gasteiger partial charge is 0.491 e. The fourth-order valence-corrected chi connectivity index (χ4v) is 2.42. The summed E-state index contributed by atoms with van der Waals surface area (Å²) in [4.78, 5) is 7.54. The van der Waals surface area contributed by atoms with Crippen molar-refractivity contribution in [2.24, 2.45) is 5.73 Å². The van der Waals surface area contributed by atoms with Crippen LogP contribution in [-0.2, 0) is 5.54 Å². The molecule has 0 aromatic carbocycles. The van der Waals surface area contributed by atoms with Crippen molar-refractivity contribution in [3.8, 4) is 11.6 Å². The van der Waals surface area contributed by atoms with Crippen molar-refractivity contribution in [1.82, 2.24) is 9.97 Å². The highest BCUT2D eigenvalue weighted by Crippen LogP contribution is 2.39. The van der Waals surface area contributed by atoms with Crippen molar-refractivity contribution in [1.29, 1.82) is 0 Å². The number of ether oxygens (including phenoxy) is 2. The number of fused-ring (bicyclic) bond motifs is 1. The Balaban J connectivity index is 2.01. The molecule has 0 amide bonds. The van der Waals surface area contributed by atoms with E-state index >= 15 is 0 Å². The molecule has 9 heteroatoms. The van der Waals surface area contributed by atoms with Gasteiger partial charge in [0, 0.05) is 18.8 Å². The van der Waals surface area contributed by atoms with E-state index in [9.17, 15) is 17.6 Å². The highest BCUT2D eigenvalue weighted by molar-refractivity contribution is 5.43. The molecule has 0 radical (unpaired) electrons. The highest BCUT2D eigenvalue weighted by atomic mass is 19.4. The molecule has 2 aromatic heterocycles. The van der Waals surface area contributed by atoms with Gasteiger partial charge in [0.2, 0.25) is 0 Å². The van der Waals surface area contributed by atoms with Crippen LogP contribution in [-0.4, -0.2) is 22.9 Å². The fourth-order valence-electron chi connectivity index (χ4n) is 2.42. The zero-order valence-electron chi connectivity index (χ0n) is 11.6. The first-order chi connectivity index (χ1) is 10.8. The van der Waals surface area contributed by atoms with Gasteiger partial charge in [0.15, 0.2) is 5.82 Å². The van der Waals surface area contributed by atoms with E-state index in [1.165, 1.54) is 6.20 Å². The van der Waals surface area contributed by atoms with Crippen LogP contribution in [0.1, 0.15) is 17.7 Å². The molecule has 0 saturated carbocycles. The van der Waals surface area contributed by atoms with Crippen LogP contribution in [0.4, 0.5) is 17.6 Å². The van der Waals surface area contributed by atoms with Crippen molar-refractivity contribution in [2.75, 3.05) is 6.61 Å². The monoisotopic (exact) mass is 329 g/mol. The van der Waals surface area contributed by atoms with Gasteiger partial charge < -0.3 is 15.2 Å². The van der Waals surface area contributed by atoms with Gasteiger partial charge in [-0.1, -0.05) is 0 Å². The third-order valence-corrected chi connectivity index (χ3v) is 3.48. The van der Waals surface area contributed by atoms with Crippen molar-refractivity contribution < 1.29 is 27.0 Å². The van der Waals surface area contributed by atoms with Crippen molar-refractivity contribution in [3.05, 3.63) is 47.7 Å². The Morgan fingerprint density at radius 2 is 2.09 bits per heavy atom. The number of nitrogens with two attached hydrogens (primary N) is 1. The maximum absolute atomic E-state index is 13.9. The Morgan fingerprint density at radius 1 is 1.30 bits per heavy atom. The first kappa shape index (κ1) is 15.5. The summed E-state index contributed by atoms with van der Waals surface area (Å²) in [5, 5.41) is 0. The summed E-state index contributed by atoms with van der Waals surface area (Å²) >= 11 is 0. The zero-order chi connectivity index (χ0) is 16.7. The Morgan fingerprint density at radius 3 is 2.78 bits per heavy atom. The second-order valence-corrected chi connectivity index (χ2v) is 4.98. The Bertz CT molecular complexity index is 738. The Hall–Kier alpha value is -2.42. The second-order valence-electron chi connectivity index (χ2n) is 4.98. The number of nitrogens with zero attached hydrogens (tertiary/aromatic N) is 2. The van der Waals surface area contributed by atoms with Gasteiger partial charge in [-0.05, 0) is 23.8 Å². The Labute approximate surface area is 128 Å². The van der Waals surface area contributed by atoms with E-state index in [4.69, 9.17) is 10.5 Å². The van der Waals surface area contributed by atoms with E-state index in [0.717, 1.165) is 12.3 Å². The minimum Gasteiger partial charge on any atom is -0.491 e. The van der Waals surface area contributed by atoms with Gasteiger partial charge in [0.05, 0.1) is 12.1 Å². The van der Waals surface area contributed by atoms with Gasteiger partial charge in [0.25, 0.3) is 5.88 Å². The predicted octanol–water partition coefficient (Wildman–Crippen LogP) is 2.50. The van der Waals surface area contributed by atoms with E-state index in [1.807, 2.05) is 0 Å². The van der Waals surface area contributed by atoms with Crippen molar-refractivity contribution in [2.45, 2.75) is 18.3 Å². The highest BCUT2D eigenvalue weighted by Gasteiger charge is 2.39. The van der Waals surface area contributed by atoms with E-state index < -0.39 is 23.6 Å². The van der Waals surface area contributed by atoms with Crippen molar-refractivity contribution in [3.63, 3.8) is 0 Å². The summed E-state index contributed by atoms with van der Waals surface area (Å²) in [6.07, 6.45) is -2.20. The first-order valence-corrected chi connectivity index (χ1v) is 6.58. The normalized spacial score (nSPS) is 20.6. The topological polar surface area (TPSA) is 70.3 Å². The first-order valence-electron chi connectivity index (χ1n) is 6.58. The molecule has 5 nitrogen and oxygen atoms in total. The number of rotatable bonds is 2. The minimum atomic E-state index is -5.03. The van der Waals surface area contributed by atoms with Gasteiger partial charge in [-0.2, -0.15) is 0 Å². The molecule has 23 heavy (non-hydrogen) atoms. The molecule has 1 aliphatic rings. The third kappa shape index (κ3) is 2.91. The summed E-state index contributed by atoms with van der Waals surface area (Å²) in [6.45, 7) is 0.262. The largest absolute Gasteiger partial charge is 0.574 e.